The first-order valence-electron chi connectivity index (χ1n) is 8.16. The van der Waals surface area contributed by atoms with Gasteiger partial charge in [0.1, 0.15) is 10.7 Å². The van der Waals surface area contributed by atoms with Crippen molar-refractivity contribution in [3.8, 4) is 17.2 Å². The van der Waals surface area contributed by atoms with E-state index in [9.17, 15) is 0 Å². The predicted octanol–water partition coefficient (Wildman–Crippen LogP) is 4.06. The average molecular weight is 343 g/mol. The molecule has 1 aliphatic heterocycles. The molecular weight excluding hydrogens is 322 g/mol. The molecule has 24 heavy (non-hydrogen) atoms. The van der Waals surface area contributed by atoms with Gasteiger partial charge in [-0.3, -0.25) is 0 Å². The highest BCUT2D eigenvalue weighted by Gasteiger charge is 2.13. The fraction of sp³-hybridized carbons (Fsp3) is 0.316. The maximum absolute atomic E-state index is 5.66. The Morgan fingerprint density at radius 1 is 1.12 bits per heavy atom. The molecule has 4 nitrogen and oxygen atoms in total. The number of hydrogen-bond donors (Lipinski definition) is 1. The molecule has 0 bridgehead atoms. The Bertz CT molecular complexity index is 700. The first-order valence-corrected chi connectivity index (χ1v) is 8.56. The lowest BCUT2D eigenvalue weighted by Crippen LogP contribution is -2.21. The number of benzene rings is 2. The van der Waals surface area contributed by atoms with Crippen LogP contribution in [0.25, 0.3) is 0 Å². The second-order valence-corrected chi connectivity index (χ2v) is 6.00. The third-order valence-electron chi connectivity index (χ3n) is 3.77. The molecule has 0 aliphatic carbocycles. The van der Waals surface area contributed by atoms with E-state index in [4.69, 9.17) is 26.4 Å². The van der Waals surface area contributed by atoms with Crippen LogP contribution in [-0.2, 0) is 6.54 Å². The third kappa shape index (κ3) is 4.17. The summed E-state index contributed by atoms with van der Waals surface area (Å²) in [5, 5.41) is 3.27. The highest BCUT2D eigenvalue weighted by atomic mass is 32.1. The molecule has 0 atom stereocenters. The van der Waals surface area contributed by atoms with Gasteiger partial charge in [0.05, 0.1) is 6.61 Å². The van der Waals surface area contributed by atoms with Crippen molar-refractivity contribution < 1.29 is 14.2 Å². The van der Waals surface area contributed by atoms with Crippen molar-refractivity contribution >= 4 is 17.2 Å². The van der Waals surface area contributed by atoms with E-state index >= 15 is 0 Å². The summed E-state index contributed by atoms with van der Waals surface area (Å²) < 4.78 is 16.4. The molecule has 1 heterocycles. The summed E-state index contributed by atoms with van der Waals surface area (Å²) in [6.45, 7) is 3.83. The van der Waals surface area contributed by atoms with Crippen LogP contribution in [0.4, 0.5) is 0 Å². The average Bonchev–Trinajstić information content (AvgIpc) is 3.08. The minimum Gasteiger partial charge on any atom is -0.494 e. The van der Waals surface area contributed by atoms with Crippen LogP contribution in [0.1, 0.15) is 30.9 Å². The van der Waals surface area contributed by atoms with Crippen LogP contribution in [0.15, 0.2) is 42.5 Å². The Morgan fingerprint density at radius 2 is 1.92 bits per heavy atom. The van der Waals surface area contributed by atoms with Gasteiger partial charge in [-0.05, 0) is 48.4 Å². The number of rotatable bonds is 7. The summed E-state index contributed by atoms with van der Waals surface area (Å²) >= 11 is 5.46. The van der Waals surface area contributed by atoms with Crippen LogP contribution in [0.3, 0.4) is 0 Å². The Hall–Kier alpha value is -2.27. The van der Waals surface area contributed by atoms with Crippen molar-refractivity contribution in [1.82, 2.24) is 5.32 Å². The monoisotopic (exact) mass is 343 g/mol. The molecule has 0 aromatic heterocycles. The smallest absolute Gasteiger partial charge is 0.231 e. The molecule has 1 N–H and O–H groups in total. The van der Waals surface area contributed by atoms with Crippen LogP contribution < -0.4 is 19.5 Å². The van der Waals surface area contributed by atoms with Gasteiger partial charge in [-0.15, -0.1) is 0 Å². The van der Waals surface area contributed by atoms with Gasteiger partial charge >= 0.3 is 0 Å². The second kappa shape index (κ2) is 8.02. The minimum absolute atomic E-state index is 0.289. The quantitative estimate of drug-likeness (QED) is 0.606. The molecule has 126 valence electrons. The molecule has 2 aromatic carbocycles. The highest BCUT2D eigenvalue weighted by Crippen LogP contribution is 2.32. The number of thiocarbonyl (C=S) groups is 1. The Balaban J connectivity index is 1.53. The number of ether oxygens (including phenoxy) is 3. The number of fused-ring (bicyclic) bond motifs is 1. The van der Waals surface area contributed by atoms with E-state index in [0.717, 1.165) is 47.8 Å². The molecule has 0 unspecified atom stereocenters. The van der Waals surface area contributed by atoms with Crippen LogP contribution in [-0.4, -0.2) is 18.4 Å². The summed E-state index contributed by atoms with van der Waals surface area (Å²) in [7, 11) is 0. The molecule has 2 aromatic rings. The summed E-state index contributed by atoms with van der Waals surface area (Å²) in [6.07, 6.45) is 2.20. The lowest BCUT2D eigenvalue weighted by Gasteiger charge is -2.10. The van der Waals surface area contributed by atoms with Crippen LogP contribution in [0.2, 0.25) is 0 Å². The molecule has 3 rings (SSSR count). The van der Waals surface area contributed by atoms with Gasteiger partial charge in [-0.2, -0.15) is 0 Å². The zero-order chi connectivity index (χ0) is 16.8. The zero-order valence-corrected chi connectivity index (χ0v) is 14.5. The van der Waals surface area contributed by atoms with Crippen LogP contribution in [0.5, 0.6) is 17.2 Å². The number of nitrogens with one attached hydrogen (secondary N) is 1. The summed E-state index contributed by atoms with van der Waals surface area (Å²) in [6, 6.07) is 13.8. The molecular formula is C19H21NO3S. The standard InChI is InChI=1S/C19H21NO3S/c1-2-3-10-21-16-7-5-15(6-8-16)19(24)20-12-14-4-9-17-18(11-14)23-13-22-17/h4-9,11H,2-3,10,12-13H2,1H3,(H,20,24). The predicted molar refractivity (Wildman–Crippen MR) is 97.9 cm³/mol. The van der Waals surface area contributed by atoms with E-state index in [0.29, 0.717) is 11.5 Å². The van der Waals surface area contributed by atoms with Gasteiger partial charge in [0.15, 0.2) is 11.5 Å². The number of hydrogen-bond acceptors (Lipinski definition) is 4. The van der Waals surface area contributed by atoms with E-state index in [1.165, 1.54) is 0 Å². The molecule has 0 amide bonds. The molecule has 1 aliphatic rings. The molecule has 0 fully saturated rings. The molecule has 0 saturated heterocycles. The van der Waals surface area contributed by atoms with E-state index in [2.05, 4.69) is 12.2 Å². The molecule has 0 radical (unpaired) electrons. The van der Waals surface area contributed by atoms with Crippen molar-refractivity contribution in [2.45, 2.75) is 26.3 Å². The van der Waals surface area contributed by atoms with Crippen molar-refractivity contribution in [3.63, 3.8) is 0 Å². The highest BCUT2D eigenvalue weighted by molar-refractivity contribution is 7.80. The summed E-state index contributed by atoms with van der Waals surface area (Å²) in [5.74, 6) is 2.46. The molecule has 0 saturated carbocycles. The second-order valence-electron chi connectivity index (χ2n) is 5.60. The SMILES string of the molecule is CCCCOc1ccc(C(=S)NCc2ccc3c(c2)OCO3)cc1. The maximum Gasteiger partial charge on any atom is 0.231 e. The normalized spacial score (nSPS) is 12.0. The van der Waals surface area contributed by atoms with E-state index < -0.39 is 0 Å². The first-order chi connectivity index (χ1) is 11.8. The number of unbranched alkanes of at least 4 members (excludes halogenated alkanes) is 1. The van der Waals surface area contributed by atoms with E-state index in [-0.39, 0.29) is 6.79 Å². The summed E-state index contributed by atoms with van der Waals surface area (Å²) in [4.78, 5) is 0.716. The van der Waals surface area contributed by atoms with Gasteiger partial charge in [0.2, 0.25) is 6.79 Å². The Kier molecular flexibility index (Phi) is 5.54. The zero-order valence-electron chi connectivity index (χ0n) is 13.7. The molecule has 5 heteroatoms. The lowest BCUT2D eigenvalue weighted by molar-refractivity contribution is 0.174. The fourth-order valence-corrected chi connectivity index (χ4v) is 2.58. The van der Waals surface area contributed by atoms with Gasteiger partial charge < -0.3 is 19.5 Å². The van der Waals surface area contributed by atoms with Crippen LogP contribution in [0, 0.1) is 0 Å². The maximum atomic E-state index is 5.66. The van der Waals surface area contributed by atoms with Crippen LogP contribution >= 0.6 is 12.2 Å². The first kappa shape index (κ1) is 16.6. The van der Waals surface area contributed by atoms with Crippen molar-refractivity contribution in [3.05, 3.63) is 53.6 Å². The van der Waals surface area contributed by atoms with E-state index in [1.807, 2.05) is 42.5 Å². The molecule has 0 spiro atoms. The summed E-state index contributed by atoms with van der Waals surface area (Å²) in [5.41, 5.74) is 2.08. The topological polar surface area (TPSA) is 39.7 Å². The Labute approximate surface area is 147 Å². The lowest BCUT2D eigenvalue weighted by atomic mass is 10.2. The van der Waals surface area contributed by atoms with Gasteiger partial charge in [0, 0.05) is 12.1 Å². The van der Waals surface area contributed by atoms with Crippen molar-refractivity contribution in [2.75, 3.05) is 13.4 Å². The largest absolute Gasteiger partial charge is 0.494 e. The van der Waals surface area contributed by atoms with Gasteiger partial charge in [-0.1, -0.05) is 31.6 Å². The van der Waals surface area contributed by atoms with Crippen molar-refractivity contribution in [2.24, 2.45) is 0 Å². The Morgan fingerprint density at radius 3 is 2.71 bits per heavy atom. The van der Waals surface area contributed by atoms with Gasteiger partial charge in [0.25, 0.3) is 0 Å². The minimum atomic E-state index is 0.289. The van der Waals surface area contributed by atoms with Gasteiger partial charge in [-0.25, -0.2) is 0 Å². The van der Waals surface area contributed by atoms with E-state index in [1.54, 1.807) is 0 Å². The fourth-order valence-electron chi connectivity index (χ4n) is 2.37. The third-order valence-corrected chi connectivity index (χ3v) is 4.15. The van der Waals surface area contributed by atoms with Crippen molar-refractivity contribution in [1.29, 1.82) is 0 Å².